The van der Waals surface area contributed by atoms with Gasteiger partial charge >= 0.3 is 0 Å². The van der Waals surface area contributed by atoms with E-state index in [9.17, 15) is 4.79 Å². The highest BCUT2D eigenvalue weighted by atomic mass is 32.2. The first kappa shape index (κ1) is 13.7. The minimum atomic E-state index is -0.726. The standard InChI is InChI=1S/C9H19NO3S/c1-3-7(2)10-9(13)6-14-5-8(12)4-11/h7-8,11-12H,3-6H2,1-2H3,(H,10,13). The third-order valence-corrected chi connectivity index (χ3v) is 2.86. The molecule has 84 valence electrons. The van der Waals surface area contributed by atoms with Crippen LogP contribution in [0.2, 0.25) is 0 Å². The van der Waals surface area contributed by atoms with Gasteiger partial charge in [0.15, 0.2) is 0 Å². The van der Waals surface area contributed by atoms with Gasteiger partial charge in [-0.1, -0.05) is 6.92 Å². The molecular weight excluding hydrogens is 202 g/mol. The third-order valence-electron chi connectivity index (χ3n) is 1.77. The maximum Gasteiger partial charge on any atom is 0.230 e. The maximum atomic E-state index is 11.2. The first-order valence-electron chi connectivity index (χ1n) is 4.76. The Labute approximate surface area is 89.1 Å². The van der Waals surface area contributed by atoms with Crippen LogP contribution in [-0.4, -0.2) is 46.4 Å². The Morgan fingerprint density at radius 3 is 2.71 bits per heavy atom. The van der Waals surface area contributed by atoms with E-state index in [2.05, 4.69) is 5.32 Å². The lowest BCUT2D eigenvalue weighted by Gasteiger charge is -2.11. The van der Waals surface area contributed by atoms with Gasteiger partial charge in [0.1, 0.15) is 0 Å². The summed E-state index contributed by atoms with van der Waals surface area (Å²) in [6.45, 7) is 3.71. The molecule has 0 aromatic rings. The summed E-state index contributed by atoms with van der Waals surface area (Å²) in [5.41, 5.74) is 0. The molecule has 0 aliphatic heterocycles. The van der Waals surface area contributed by atoms with Gasteiger partial charge in [-0.15, -0.1) is 11.8 Å². The van der Waals surface area contributed by atoms with Gasteiger partial charge in [-0.05, 0) is 13.3 Å². The predicted octanol–water partition coefficient (Wildman–Crippen LogP) is -0.0125. The summed E-state index contributed by atoms with van der Waals surface area (Å²) < 4.78 is 0. The molecule has 0 spiro atoms. The van der Waals surface area contributed by atoms with Gasteiger partial charge in [-0.25, -0.2) is 0 Å². The highest BCUT2D eigenvalue weighted by molar-refractivity contribution is 7.99. The van der Waals surface area contributed by atoms with Crippen molar-refractivity contribution in [1.29, 1.82) is 0 Å². The zero-order chi connectivity index (χ0) is 11.0. The van der Waals surface area contributed by atoms with E-state index in [1.54, 1.807) is 0 Å². The van der Waals surface area contributed by atoms with E-state index < -0.39 is 6.10 Å². The summed E-state index contributed by atoms with van der Waals surface area (Å²) in [6, 6.07) is 0.200. The minimum absolute atomic E-state index is 0.0190. The van der Waals surface area contributed by atoms with Gasteiger partial charge in [0.05, 0.1) is 18.5 Å². The van der Waals surface area contributed by atoms with E-state index in [4.69, 9.17) is 10.2 Å². The number of thioether (sulfide) groups is 1. The fraction of sp³-hybridized carbons (Fsp3) is 0.889. The lowest BCUT2D eigenvalue weighted by molar-refractivity contribution is -0.119. The number of aliphatic hydroxyl groups excluding tert-OH is 2. The minimum Gasteiger partial charge on any atom is -0.394 e. The molecule has 0 heterocycles. The van der Waals surface area contributed by atoms with Crippen LogP contribution in [0, 0.1) is 0 Å². The normalized spacial score (nSPS) is 14.9. The number of carbonyl (C=O) groups is 1. The molecular formula is C9H19NO3S. The van der Waals surface area contributed by atoms with Gasteiger partial charge < -0.3 is 15.5 Å². The molecule has 0 aromatic heterocycles. The van der Waals surface area contributed by atoms with E-state index in [0.29, 0.717) is 11.5 Å². The van der Waals surface area contributed by atoms with Crippen LogP contribution in [0.25, 0.3) is 0 Å². The monoisotopic (exact) mass is 221 g/mol. The average Bonchev–Trinajstić information content (AvgIpc) is 2.17. The molecule has 0 rings (SSSR count). The van der Waals surface area contributed by atoms with E-state index >= 15 is 0 Å². The van der Waals surface area contributed by atoms with Gasteiger partial charge in [-0.3, -0.25) is 4.79 Å². The highest BCUT2D eigenvalue weighted by Gasteiger charge is 2.07. The number of carbonyl (C=O) groups excluding carboxylic acids is 1. The van der Waals surface area contributed by atoms with Gasteiger partial charge in [0.2, 0.25) is 5.91 Å². The van der Waals surface area contributed by atoms with Gasteiger partial charge in [0, 0.05) is 11.8 Å². The molecule has 4 nitrogen and oxygen atoms in total. The molecule has 0 saturated heterocycles. The quantitative estimate of drug-likeness (QED) is 0.565. The van der Waals surface area contributed by atoms with E-state index in [-0.39, 0.29) is 18.6 Å². The van der Waals surface area contributed by atoms with Crippen molar-refractivity contribution in [1.82, 2.24) is 5.32 Å². The second kappa shape index (κ2) is 8.08. The predicted molar refractivity (Wildman–Crippen MR) is 58.3 cm³/mol. The summed E-state index contributed by atoms with van der Waals surface area (Å²) >= 11 is 1.32. The Morgan fingerprint density at radius 1 is 1.57 bits per heavy atom. The molecule has 2 unspecified atom stereocenters. The second-order valence-electron chi connectivity index (χ2n) is 3.23. The lowest BCUT2D eigenvalue weighted by Crippen LogP contribution is -2.33. The van der Waals surface area contributed by atoms with E-state index in [1.165, 1.54) is 11.8 Å². The lowest BCUT2D eigenvalue weighted by atomic mass is 10.3. The first-order valence-corrected chi connectivity index (χ1v) is 5.91. The van der Waals surface area contributed by atoms with Crippen molar-refractivity contribution in [2.24, 2.45) is 0 Å². The molecule has 0 fully saturated rings. The Hall–Kier alpha value is -0.260. The van der Waals surface area contributed by atoms with Crippen LogP contribution in [0.5, 0.6) is 0 Å². The summed E-state index contributed by atoms with van der Waals surface area (Å²) in [6.07, 6.45) is 0.187. The molecule has 0 radical (unpaired) electrons. The molecule has 0 aliphatic carbocycles. The first-order chi connectivity index (χ1) is 6.60. The van der Waals surface area contributed by atoms with Crippen molar-refractivity contribution >= 4 is 17.7 Å². The van der Waals surface area contributed by atoms with Crippen molar-refractivity contribution in [2.75, 3.05) is 18.1 Å². The van der Waals surface area contributed by atoms with E-state index in [0.717, 1.165) is 6.42 Å². The third kappa shape index (κ3) is 7.17. The zero-order valence-electron chi connectivity index (χ0n) is 8.69. The molecule has 2 atom stereocenters. The Kier molecular flexibility index (Phi) is 7.93. The Morgan fingerprint density at radius 2 is 2.21 bits per heavy atom. The number of amides is 1. The van der Waals surface area contributed by atoms with Crippen molar-refractivity contribution in [3.05, 3.63) is 0 Å². The number of hydrogen-bond donors (Lipinski definition) is 3. The Balaban J connectivity index is 3.44. The number of aliphatic hydroxyl groups is 2. The van der Waals surface area contributed by atoms with E-state index in [1.807, 2.05) is 13.8 Å². The fourth-order valence-corrected chi connectivity index (χ4v) is 1.52. The smallest absolute Gasteiger partial charge is 0.230 e. The summed E-state index contributed by atoms with van der Waals surface area (Å²) in [7, 11) is 0. The SMILES string of the molecule is CCC(C)NC(=O)CSCC(O)CO. The zero-order valence-corrected chi connectivity index (χ0v) is 9.51. The largest absolute Gasteiger partial charge is 0.394 e. The molecule has 0 saturated carbocycles. The molecule has 5 heteroatoms. The van der Waals surface area contributed by atoms with Gasteiger partial charge in [0.25, 0.3) is 0 Å². The Bertz CT molecular complexity index is 166. The average molecular weight is 221 g/mol. The molecule has 14 heavy (non-hydrogen) atoms. The van der Waals surface area contributed by atoms with Crippen LogP contribution in [0.1, 0.15) is 20.3 Å². The summed E-state index contributed by atoms with van der Waals surface area (Å²) in [4.78, 5) is 11.2. The van der Waals surface area contributed by atoms with Crippen LogP contribution >= 0.6 is 11.8 Å². The molecule has 3 N–H and O–H groups in total. The van der Waals surface area contributed by atoms with Crippen LogP contribution < -0.4 is 5.32 Å². The van der Waals surface area contributed by atoms with Crippen molar-refractivity contribution in [3.63, 3.8) is 0 Å². The number of rotatable bonds is 7. The molecule has 0 bridgehead atoms. The summed E-state index contributed by atoms with van der Waals surface area (Å²) in [5, 5.41) is 20.3. The molecule has 0 aliphatic rings. The fourth-order valence-electron chi connectivity index (χ4n) is 0.759. The van der Waals surface area contributed by atoms with Crippen molar-refractivity contribution in [3.8, 4) is 0 Å². The highest BCUT2D eigenvalue weighted by Crippen LogP contribution is 2.02. The topological polar surface area (TPSA) is 69.6 Å². The van der Waals surface area contributed by atoms with Crippen molar-refractivity contribution < 1.29 is 15.0 Å². The molecule has 1 amide bonds. The van der Waals surface area contributed by atoms with Crippen molar-refractivity contribution in [2.45, 2.75) is 32.4 Å². The van der Waals surface area contributed by atoms with Gasteiger partial charge in [-0.2, -0.15) is 0 Å². The number of hydrogen-bond acceptors (Lipinski definition) is 4. The van der Waals surface area contributed by atoms with Crippen LogP contribution in [0.15, 0.2) is 0 Å². The summed E-state index contributed by atoms with van der Waals surface area (Å²) in [5.74, 6) is 0.709. The molecule has 0 aromatic carbocycles. The van der Waals surface area contributed by atoms with Crippen LogP contribution in [-0.2, 0) is 4.79 Å². The number of nitrogens with one attached hydrogen (secondary N) is 1. The maximum absolute atomic E-state index is 11.2. The second-order valence-corrected chi connectivity index (χ2v) is 4.26. The van der Waals surface area contributed by atoms with Crippen LogP contribution in [0.4, 0.5) is 0 Å². The van der Waals surface area contributed by atoms with Crippen LogP contribution in [0.3, 0.4) is 0 Å².